The van der Waals surface area contributed by atoms with Crippen molar-refractivity contribution in [2.45, 2.75) is 38.5 Å². The number of likely N-dealkylation sites (tertiary alicyclic amines) is 1. The molecule has 1 saturated heterocycles. The molecular formula is C25H27F2N3O. The number of carbonyl (C=O) groups is 1. The van der Waals surface area contributed by atoms with E-state index in [1.807, 2.05) is 25.1 Å². The highest BCUT2D eigenvalue weighted by atomic mass is 19.2. The summed E-state index contributed by atoms with van der Waals surface area (Å²) in [6, 6.07) is 18.3. The smallest absolute Gasteiger partial charge is 0.237 e. The van der Waals surface area contributed by atoms with Crippen molar-refractivity contribution in [1.29, 1.82) is 0 Å². The zero-order valence-corrected chi connectivity index (χ0v) is 17.6. The second-order valence-corrected chi connectivity index (χ2v) is 8.04. The van der Waals surface area contributed by atoms with Crippen LogP contribution < -0.4 is 10.6 Å². The molecule has 0 aliphatic carbocycles. The van der Waals surface area contributed by atoms with Gasteiger partial charge in [0.15, 0.2) is 11.6 Å². The van der Waals surface area contributed by atoms with Crippen LogP contribution >= 0.6 is 0 Å². The first-order chi connectivity index (χ1) is 15.0. The minimum Gasteiger partial charge on any atom is -0.355 e. The van der Waals surface area contributed by atoms with E-state index >= 15 is 0 Å². The highest BCUT2D eigenvalue weighted by Gasteiger charge is 2.36. The molecule has 162 valence electrons. The van der Waals surface area contributed by atoms with Crippen LogP contribution in [0.1, 0.15) is 24.5 Å². The number of carbonyl (C=O) groups excluding carboxylic acids is 1. The van der Waals surface area contributed by atoms with Crippen molar-refractivity contribution in [3.05, 3.63) is 83.4 Å². The van der Waals surface area contributed by atoms with Gasteiger partial charge in [-0.3, -0.25) is 9.69 Å². The van der Waals surface area contributed by atoms with Crippen molar-refractivity contribution < 1.29 is 13.6 Å². The van der Waals surface area contributed by atoms with Crippen LogP contribution in [0.4, 0.5) is 8.78 Å². The first-order valence-electron chi connectivity index (χ1n) is 10.7. The molecule has 1 heterocycles. The molecule has 0 unspecified atom stereocenters. The Hall–Kier alpha value is -2.83. The molecular weight excluding hydrogens is 396 g/mol. The standard InChI is InChI=1S/C25H27F2N3O/c1-2-28-25(31)24-13-20(29-14-17-10-11-22(26)23(27)12-17)16-30(24)15-19-8-5-7-18-6-3-4-9-21(18)19/h3-12,20,24,29H,2,13-16H2,1H3,(H,28,31)/t20-,24+/m1/s1. The summed E-state index contributed by atoms with van der Waals surface area (Å²) in [5.41, 5.74) is 1.87. The molecule has 2 atom stereocenters. The summed E-state index contributed by atoms with van der Waals surface area (Å²) in [5.74, 6) is -1.66. The van der Waals surface area contributed by atoms with E-state index in [-0.39, 0.29) is 18.0 Å². The lowest BCUT2D eigenvalue weighted by Gasteiger charge is -2.24. The lowest BCUT2D eigenvalue weighted by Crippen LogP contribution is -2.42. The molecule has 0 spiro atoms. The van der Waals surface area contributed by atoms with E-state index in [1.54, 1.807) is 6.07 Å². The first-order valence-corrected chi connectivity index (χ1v) is 10.7. The summed E-state index contributed by atoms with van der Waals surface area (Å²) < 4.78 is 26.7. The molecule has 1 aliphatic rings. The van der Waals surface area contributed by atoms with Gasteiger partial charge in [-0.1, -0.05) is 48.5 Å². The van der Waals surface area contributed by atoms with Crippen LogP contribution in [-0.4, -0.2) is 36.0 Å². The number of hydrogen-bond acceptors (Lipinski definition) is 3. The highest BCUT2D eigenvalue weighted by molar-refractivity contribution is 5.86. The largest absolute Gasteiger partial charge is 0.355 e. The second-order valence-electron chi connectivity index (χ2n) is 8.04. The topological polar surface area (TPSA) is 44.4 Å². The summed E-state index contributed by atoms with van der Waals surface area (Å²) >= 11 is 0. The minimum absolute atomic E-state index is 0.0277. The van der Waals surface area contributed by atoms with E-state index in [0.29, 0.717) is 38.2 Å². The molecule has 0 bridgehead atoms. The maximum absolute atomic E-state index is 13.5. The lowest BCUT2D eigenvalue weighted by atomic mass is 10.0. The van der Waals surface area contributed by atoms with Crippen LogP contribution in [0.2, 0.25) is 0 Å². The van der Waals surface area contributed by atoms with E-state index in [4.69, 9.17) is 0 Å². The number of amides is 1. The maximum atomic E-state index is 13.5. The lowest BCUT2D eigenvalue weighted by molar-refractivity contribution is -0.125. The quantitative estimate of drug-likeness (QED) is 0.604. The summed E-state index contributed by atoms with van der Waals surface area (Å²) in [6.07, 6.45) is 0.667. The van der Waals surface area contributed by atoms with Crippen molar-refractivity contribution in [3.63, 3.8) is 0 Å². The van der Waals surface area contributed by atoms with E-state index in [1.165, 1.54) is 22.4 Å². The van der Waals surface area contributed by atoms with Crippen molar-refractivity contribution in [1.82, 2.24) is 15.5 Å². The normalized spacial score (nSPS) is 19.1. The van der Waals surface area contributed by atoms with Crippen LogP contribution in [0.5, 0.6) is 0 Å². The zero-order chi connectivity index (χ0) is 21.8. The maximum Gasteiger partial charge on any atom is 0.237 e. The average Bonchev–Trinajstić information content (AvgIpc) is 3.18. The SMILES string of the molecule is CCNC(=O)[C@@H]1C[C@@H](NCc2ccc(F)c(F)c2)CN1Cc1cccc2ccccc12. The number of benzene rings is 3. The molecule has 0 saturated carbocycles. The Morgan fingerprint density at radius 3 is 2.68 bits per heavy atom. The minimum atomic E-state index is -0.845. The van der Waals surface area contributed by atoms with Crippen LogP contribution in [0, 0.1) is 11.6 Å². The summed E-state index contributed by atoms with van der Waals surface area (Å²) in [6.45, 7) is 4.30. The summed E-state index contributed by atoms with van der Waals surface area (Å²) in [4.78, 5) is 14.9. The number of likely N-dealkylation sites (N-methyl/N-ethyl adjacent to an activating group) is 1. The molecule has 1 aliphatic heterocycles. The van der Waals surface area contributed by atoms with E-state index in [9.17, 15) is 13.6 Å². The predicted molar refractivity (Wildman–Crippen MR) is 118 cm³/mol. The van der Waals surface area contributed by atoms with Gasteiger partial charge in [0.25, 0.3) is 0 Å². The fraction of sp³-hybridized carbons (Fsp3) is 0.320. The Kier molecular flexibility index (Phi) is 6.59. The number of nitrogens with one attached hydrogen (secondary N) is 2. The molecule has 2 N–H and O–H groups in total. The monoisotopic (exact) mass is 423 g/mol. The fourth-order valence-corrected chi connectivity index (χ4v) is 4.35. The fourth-order valence-electron chi connectivity index (χ4n) is 4.35. The van der Waals surface area contributed by atoms with Crippen LogP contribution in [0.25, 0.3) is 10.8 Å². The van der Waals surface area contributed by atoms with E-state index < -0.39 is 11.6 Å². The van der Waals surface area contributed by atoms with E-state index in [2.05, 4.69) is 39.8 Å². The van der Waals surface area contributed by atoms with Gasteiger partial charge in [0.2, 0.25) is 5.91 Å². The summed E-state index contributed by atoms with van der Waals surface area (Å²) in [5, 5.41) is 8.74. The number of hydrogen-bond donors (Lipinski definition) is 2. The Morgan fingerprint density at radius 1 is 1.06 bits per heavy atom. The third kappa shape index (κ3) is 4.92. The Labute approximate surface area is 181 Å². The molecule has 3 aromatic carbocycles. The molecule has 6 heteroatoms. The van der Waals surface area contributed by atoms with Gasteiger partial charge in [-0.05, 0) is 47.4 Å². The van der Waals surface area contributed by atoms with E-state index in [0.717, 1.165) is 6.07 Å². The average molecular weight is 424 g/mol. The van der Waals surface area contributed by atoms with Gasteiger partial charge in [0, 0.05) is 32.2 Å². The summed E-state index contributed by atoms with van der Waals surface area (Å²) in [7, 11) is 0. The van der Waals surface area contributed by atoms with Gasteiger partial charge >= 0.3 is 0 Å². The van der Waals surface area contributed by atoms with Gasteiger partial charge in [0.05, 0.1) is 6.04 Å². The molecule has 1 amide bonds. The Bertz CT molecular complexity index is 1070. The van der Waals surface area contributed by atoms with Crippen LogP contribution in [-0.2, 0) is 17.9 Å². The molecule has 0 aromatic heterocycles. The molecule has 4 rings (SSSR count). The molecule has 1 fully saturated rings. The van der Waals surface area contributed by atoms with Crippen LogP contribution in [0.15, 0.2) is 60.7 Å². The number of nitrogens with zero attached hydrogens (tertiary/aromatic N) is 1. The zero-order valence-electron chi connectivity index (χ0n) is 17.6. The third-order valence-corrected chi connectivity index (χ3v) is 5.89. The van der Waals surface area contributed by atoms with Crippen molar-refractivity contribution in [2.24, 2.45) is 0 Å². The number of rotatable bonds is 7. The van der Waals surface area contributed by atoms with Crippen molar-refractivity contribution >= 4 is 16.7 Å². The molecule has 0 radical (unpaired) electrons. The Balaban J connectivity index is 1.49. The van der Waals surface area contributed by atoms with Gasteiger partial charge in [-0.2, -0.15) is 0 Å². The highest BCUT2D eigenvalue weighted by Crippen LogP contribution is 2.25. The van der Waals surface area contributed by atoms with Gasteiger partial charge in [0.1, 0.15) is 0 Å². The number of halogens is 2. The number of fused-ring (bicyclic) bond motifs is 1. The van der Waals surface area contributed by atoms with Crippen molar-refractivity contribution in [2.75, 3.05) is 13.1 Å². The molecule has 4 nitrogen and oxygen atoms in total. The van der Waals surface area contributed by atoms with Crippen LogP contribution in [0.3, 0.4) is 0 Å². The first kappa shape index (κ1) is 21.4. The van der Waals surface area contributed by atoms with Crippen molar-refractivity contribution in [3.8, 4) is 0 Å². The molecule has 31 heavy (non-hydrogen) atoms. The van der Waals surface area contributed by atoms with Gasteiger partial charge < -0.3 is 10.6 Å². The van der Waals surface area contributed by atoms with Gasteiger partial charge in [-0.15, -0.1) is 0 Å². The second kappa shape index (κ2) is 9.54. The Morgan fingerprint density at radius 2 is 1.87 bits per heavy atom. The van der Waals surface area contributed by atoms with Gasteiger partial charge in [-0.25, -0.2) is 8.78 Å². The predicted octanol–water partition coefficient (Wildman–Crippen LogP) is 3.99. The third-order valence-electron chi connectivity index (χ3n) is 5.89. The molecule has 3 aromatic rings.